The molecule has 0 fully saturated rings. The summed E-state index contributed by atoms with van der Waals surface area (Å²) >= 11 is 0. The van der Waals surface area contributed by atoms with Gasteiger partial charge in [-0.3, -0.25) is 4.79 Å². The van der Waals surface area contributed by atoms with E-state index < -0.39 is 0 Å². The van der Waals surface area contributed by atoms with Crippen molar-refractivity contribution in [3.63, 3.8) is 0 Å². The maximum Gasteiger partial charge on any atom is 0.223 e. The Morgan fingerprint density at radius 3 is 3.14 bits per heavy atom. The number of aromatic nitrogens is 4. The molecule has 72 valence electrons. The number of hydrogen-bond donors (Lipinski definition) is 0. The summed E-state index contributed by atoms with van der Waals surface area (Å²) < 4.78 is 6.45. The van der Waals surface area contributed by atoms with E-state index in [0.29, 0.717) is 30.4 Å². The van der Waals surface area contributed by atoms with E-state index >= 15 is 0 Å². The molecule has 0 unspecified atom stereocenters. The fourth-order valence-electron chi connectivity index (χ4n) is 1.13. The van der Waals surface area contributed by atoms with Crippen LogP contribution in [-0.2, 0) is 6.54 Å². The molecular formula is C8H8N4O2. The van der Waals surface area contributed by atoms with Gasteiger partial charge in [0.15, 0.2) is 17.9 Å². The van der Waals surface area contributed by atoms with Crippen LogP contribution in [0.3, 0.4) is 0 Å². The van der Waals surface area contributed by atoms with Crippen molar-refractivity contribution in [2.45, 2.75) is 13.5 Å². The van der Waals surface area contributed by atoms with Gasteiger partial charge in [-0.1, -0.05) is 5.16 Å². The van der Waals surface area contributed by atoms with Gasteiger partial charge in [-0.25, -0.2) is 4.98 Å². The van der Waals surface area contributed by atoms with Gasteiger partial charge in [0.25, 0.3) is 0 Å². The largest absolute Gasteiger partial charge is 0.340 e. The van der Waals surface area contributed by atoms with E-state index in [1.54, 1.807) is 23.9 Å². The molecule has 0 radical (unpaired) electrons. The molecule has 2 rings (SSSR count). The molecule has 2 heterocycles. The summed E-state index contributed by atoms with van der Waals surface area (Å²) in [6.45, 7) is 2.11. The van der Waals surface area contributed by atoms with E-state index in [1.165, 1.54) is 0 Å². The minimum atomic E-state index is 0.354. The molecule has 0 saturated carbocycles. The molecule has 0 spiro atoms. The molecule has 0 aliphatic rings. The number of hydrogen-bond acceptors (Lipinski definition) is 5. The highest BCUT2D eigenvalue weighted by molar-refractivity contribution is 5.69. The van der Waals surface area contributed by atoms with Crippen molar-refractivity contribution in [2.24, 2.45) is 0 Å². The van der Waals surface area contributed by atoms with Crippen molar-refractivity contribution in [2.75, 3.05) is 0 Å². The Morgan fingerprint density at radius 2 is 2.50 bits per heavy atom. The Hall–Kier alpha value is -1.98. The highest BCUT2D eigenvalue weighted by atomic mass is 16.5. The molecular weight excluding hydrogens is 184 g/mol. The first-order valence-corrected chi connectivity index (χ1v) is 4.05. The fraction of sp³-hybridized carbons (Fsp3) is 0.250. The van der Waals surface area contributed by atoms with Crippen LogP contribution < -0.4 is 0 Å². The van der Waals surface area contributed by atoms with Crippen molar-refractivity contribution in [1.82, 2.24) is 19.7 Å². The predicted molar refractivity (Wildman–Crippen MR) is 45.8 cm³/mol. The molecule has 0 amide bonds. The SMILES string of the molecule is Cc1nc(Cn2ccnc2C=O)no1. The first-order chi connectivity index (χ1) is 6.79. The Bertz CT molecular complexity index is 446. The number of carbonyl (C=O) groups is 1. The quantitative estimate of drug-likeness (QED) is 0.659. The Labute approximate surface area is 79.6 Å². The molecule has 0 atom stereocenters. The van der Waals surface area contributed by atoms with Crippen LogP contribution in [0.25, 0.3) is 0 Å². The number of aryl methyl sites for hydroxylation is 1. The van der Waals surface area contributed by atoms with E-state index in [1.807, 2.05) is 0 Å². The lowest BCUT2D eigenvalue weighted by atomic mass is 10.5. The summed E-state index contributed by atoms with van der Waals surface area (Å²) in [5.41, 5.74) is 0. The summed E-state index contributed by atoms with van der Waals surface area (Å²) in [7, 11) is 0. The summed E-state index contributed by atoms with van der Waals surface area (Å²) in [4.78, 5) is 18.4. The first-order valence-electron chi connectivity index (χ1n) is 4.05. The molecule has 0 aromatic carbocycles. The average molecular weight is 192 g/mol. The number of aldehydes is 1. The summed E-state index contributed by atoms with van der Waals surface area (Å²) in [6, 6.07) is 0. The maximum absolute atomic E-state index is 10.5. The lowest BCUT2D eigenvalue weighted by molar-refractivity contribution is 0.111. The lowest BCUT2D eigenvalue weighted by Crippen LogP contribution is -2.04. The minimum absolute atomic E-state index is 0.354. The van der Waals surface area contributed by atoms with Crippen LogP contribution >= 0.6 is 0 Å². The zero-order valence-corrected chi connectivity index (χ0v) is 7.54. The summed E-state index contributed by atoms with van der Waals surface area (Å²) in [6.07, 6.45) is 3.93. The molecule has 6 nitrogen and oxygen atoms in total. The van der Waals surface area contributed by atoms with Crippen LogP contribution in [0.2, 0.25) is 0 Å². The second kappa shape index (κ2) is 3.41. The van der Waals surface area contributed by atoms with E-state index in [2.05, 4.69) is 15.1 Å². The van der Waals surface area contributed by atoms with Crippen LogP contribution in [0.5, 0.6) is 0 Å². The third-order valence-corrected chi connectivity index (χ3v) is 1.73. The van der Waals surface area contributed by atoms with Crippen molar-refractivity contribution < 1.29 is 9.32 Å². The van der Waals surface area contributed by atoms with Crippen LogP contribution in [-0.4, -0.2) is 26.0 Å². The van der Waals surface area contributed by atoms with Crippen molar-refractivity contribution in [3.8, 4) is 0 Å². The highest BCUT2D eigenvalue weighted by Gasteiger charge is 2.06. The normalized spacial score (nSPS) is 10.4. The van der Waals surface area contributed by atoms with E-state index in [-0.39, 0.29) is 0 Å². The smallest absolute Gasteiger partial charge is 0.223 e. The van der Waals surface area contributed by atoms with Gasteiger partial charge in [0.05, 0.1) is 6.54 Å². The second-order valence-corrected chi connectivity index (χ2v) is 2.76. The number of carbonyl (C=O) groups excluding carboxylic acids is 1. The molecule has 2 aromatic rings. The minimum Gasteiger partial charge on any atom is -0.340 e. The molecule has 0 N–H and O–H groups in total. The number of nitrogens with zero attached hydrogens (tertiary/aromatic N) is 4. The molecule has 14 heavy (non-hydrogen) atoms. The Kier molecular flexibility index (Phi) is 2.10. The fourth-order valence-corrected chi connectivity index (χ4v) is 1.13. The van der Waals surface area contributed by atoms with Crippen LogP contribution in [0.15, 0.2) is 16.9 Å². The standard InChI is InChI=1S/C8H8N4O2/c1-6-10-7(11-14-6)4-12-3-2-9-8(12)5-13/h2-3,5H,4H2,1H3. The van der Waals surface area contributed by atoms with Gasteiger partial charge >= 0.3 is 0 Å². The van der Waals surface area contributed by atoms with Gasteiger partial charge in [0.2, 0.25) is 5.89 Å². The molecule has 2 aromatic heterocycles. The van der Waals surface area contributed by atoms with Crippen LogP contribution in [0.1, 0.15) is 22.3 Å². The number of rotatable bonds is 3. The van der Waals surface area contributed by atoms with Gasteiger partial charge < -0.3 is 9.09 Å². The van der Waals surface area contributed by atoms with E-state index in [4.69, 9.17) is 4.52 Å². The van der Waals surface area contributed by atoms with Crippen molar-refractivity contribution >= 4 is 6.29 Å². The first kappa shape index (κ1) is 8.61. The average Bonchev–Trinajstić information content (AvgIpc) is 2.76. The van der Waals surface area contributed by atoms with Gasteiger partial charge in [-0.05, 0) is 0 Å². The van der Waals surface area contributed by atoms with Crippen molar-refractivity contribution in [3.05, 3.63) is 29.9 Å². The Balaban J connectivity index is 2.22. The zero-order valence-electron chi connectivity index (χ0n) is 7.54. The van der Waals surface area contributed by atoms with Crippen LogP contribution in [0.4, 0.5) is 0 Å². The highest BCUT2D eigenvalue weighted by Crippen LogP contribution is 2.01. The van der Waals surface area contributed by atoms with E-state index in [0.717, 1.165) is 0 Å². The molecule has 0 aliphatic heterocycles. The van der Waals surface area contributed by atoms with Gasteiger partial charge in [-0.2, -0.15) is 4.98 Å². The zero-order chi connectivity index (χ0) is 9.97. The number of imidazole rings is 1. The predicted octanol–water partition coefficient (Wildman–Crippen LogP) is 0.435. The molecule has 0 saturated heterocycles. The summed E-state index contributed by atoms with van der Waals surface area (Å²) in [5, 5.41) is 3.72. The summed E-state index contributed by atoms with van der Waals surface area (Å²) in [5.74, 6) is 1.39. The maximum atomic E-state index is 10.5. The molecule has 6 heteroatoms. The van der Waals surface area contributed by atoms with Gasteiger partial charge in [0, 0.05) is 19.3 Å². The molecule has 0 bridgehead atoms. The van der Waals surface area contributed by atoms with Gasteiger partial charge in [0.1, 0.15) is 0 Å². The van der Waals surface area contributed by atoms with Crippen molar-refractivity contribution in [1.29, 1.82) is 0 Å². The van der Waals surface area contributed by atoms with Gasteiger partial charge in [-0.15, -0.1) is 0 Å². The van der Waals surface area contributed by atoms with Crippen LogP contribution in [0, 0.1) is 6.92 Å². The topological polar surface area (TPSA) is 73.8 Å². The third-order valence-electron chi connectivity index (χ3n) is 1.73. The van der Waals surface area contributed by atoms with E-state index in [9.17, 15) is 4.79 Å². The molecule has 0 aliphatic carbocycles. The second-order valence-electron chi connectivity index (χ2n) is 2.76. The monoisotopic (exact) mass is 192 g/mol. The lowest BCUT2D eigenvalue weighted by Gasteiger charge is -1.97. The Morgan fingerprint density at radius 1 is 1.64 bits per heavy atom. The third kappa shape index (κ3) is 1.54.